The van der Waals surface area contributed by atoms with Crippen molar-refractivity contribution in [2.45, 2.75) is 255 Å². The van der Waals surface area contributed by atoms with Crippen LogP contribution >= 0.6 is 0 Å². The lowest BCUT2D eigenvalue weighted by atomic mass is 9.41. The van der Waals surface area contributed by atoms with Gasteiger partial charge in [0.1, 0.15) is 97.2 Å². The minimum absolute atomic E-state index is 0.00782. The van der Waals surface area contributed by atoms with Gasteiger partial charge >= 0.3 is 43.1 Å². The lowest BCUT2D eigenvalue weighted by molar-refractivity contribution is -0.389. The van der Waals surface area contributed by atoms with Crippen LogP contribution in [0.2, 0.25) is 0 Å². The van der Waals surface area contributed by atoms with Crippen molar-refractivity contribution in [1.29, 1.82) is 0 Å². The summed E-state index contributed by atoms with van der Waals surface area (Å²) in [5, 5.41) is 80.4. The van der Waals surface area contributed by atoms with E-state index in [0.29, 0.717) is 50.9 Å². The summed E-state index contributed by atoms with van der Waals surface area (Å²) < 4.78 is 178. The summed E-state index contributed by atoms with van der Waals surface area (Å²) in [6, 6.07) is 0. The van der Waals surface area contributed by atoms with Crippen molar-refractivity contribution in [3.8, 4) is 0 Å². The molecule has 0 radical (unpaired) electrons. The summed E-state index contributed by atoms with van der Waals surface area (Å²) in [6.45, 7) is 14.5. The molecule has 5 aliphatic heterocycles. The molecule has 0 aromatic heterocycles. The maximum absolute atomic E-state index is 14.7. The Labute approximate surface area is 528 Å². The summed E-state index contributed by atoms with van der Waals surface area (Å²) in [5.41, 5.74) is -2.42. The van der Waals surface area contributed by atoms with Gasteiger partial charge in [0.25, 0.3) is 0 Å². The summed E-state index contributed by atoms with van der Waals surface area (Å²) in [4.78, 5) is 27.5. The number of hydrogen-bond acceptors (Lipinski definition) is 29. The van der Waals surface area contributed by atoms with Crippen molar-refractivity contribution in [1.82, 2.24) is 0 Å². The standard InChI is InChI=1S/C56H90O32S3/c1-24(2)12-11-17-55(9)46-29(80-26(4)57)20-54(8)28-13-14-33-52(5,6)34(16-18-53(33,7)27(28)15-19-56(46,54)51(65)87-55)83-50-45(37(60)32(21-76-50)88-91(72,73)74)86-47-39(62)38(61)42(25(3)79-47)84-49-41(64)44(36(59)31(82-49)23-78-90(69,70)71)85-48-40(63)43(75-10)35(58)30(81-48)22-77-89(66,67)68/h13,24-25,27,29-50,58-64H,11-12,14-23H2,1-10H3,(H,66,67,68)(H,69,70,71)(H,72,73,74)/t25-,27+,29+,30-,31-,32-,33+,34+,35-,36-,37+,38-,39-,40-,41-,42-,43+,44+,45-,46-,47+,48+,49+,50+,53-,54+,55+,56-/m1/s1. The van der Waals surface area contributed by atoms with Gasteiger partial charge in [0.2, 0.25) is 0 Å². The number of aliphatic hydroxyl groups excluding tert-OH is 7. The number of carbonyl (C=O) groups is 2. The molecule has 0 aromatic carbocycles. The van der Waals surface area contributed by atoms with Crippen LogP contribution in [0.3, 0.4) is 0 Å². The van der Waals surface area contributed by atoms with Gasteiger partial charge in [-0.05, 0) is 93.8 Å². The molecule has 35 heteroatoms. The first-order valence-electron chi connectivity index (χ1n) is 30.6. The highest BCUT2D eigenvalue weighted by molar-refractivity contribution is 7.81. The van der Waals surface area contributed by atoms with E-state index in [2.05, 4.69) is 42.1 Å². The fraction of sp³-hybridized carbons (Fsp3) is 0.929. The number of carbonyl (C=O) groups excluding carboxylic acids is 2. The number of esters is 2. The Morgan fingerprint density at radius 1 is 0.681 bits per heavy atom. The van der Waals surface area contributed by atoms with Gasteiger partial charge in [-0.15, -0.1) is 0 Å². The van der Waals surface area contributed by atoms with Crippen molar-refractivity contribution in [2.75, 3.05) is 26.9 Å². The monoisotopic (exact) mass is 1370 g/mol. The zero-order valence-electron chi connectivity index (χ0n) is 52.2. The highest BCUT2D eigenvalue weighted by atomic mass is 32.3. The number of hydrogen-bond donors (Lipinski definition) is 10. The fourth-order valence-corrected chi connectivity index (χ4v) is 18.1. The molecule has 10 N–H and O–H groups in total. The first-order valence-corrected chi connectivity index (χ1v) is 34.7. The van der Waals surface area contributed by atoms with Crippen LogP contribution in [0.1, 0.15) is 120 Å². The van der Waals surface area contributed by atoms with Crippen LogP contribution in [0.15, 0.2) is 11.6 Å². The Hall–Kier alpha value is -2.35. The van der Waals surface area contributed by atoms with Gasteiger partial charge in [0, 0.05) is 19.4 Å². The molecule has 1 spiro atoms. The first-order chi connectivity index (χ1) is 42.1. The largest absolute Gasteiger partial charge is 0.462 e. The summed E-state index contributed by atoms with van der Waals surface area (Å²) >= 11 is 0. The normalized spacial score (nSPS) is 46.7. The van der Waals surface area contributed by atoms with E-state index in [9.17, 15) is 79.7 Å². The van der Waals surface area contributed by atoms with Crippen LogP contribution in [0, 0.1) is 45.3 Å². The number of ether oxygens (including phenoxy) is 11. The van der Waals surface area contributed by atoms with E-state index in [1.807, 2.05) is 20.8 Å². The van der Waals surface area contributed by atoms with Crippen LogP contribution in [0.4, 0.5) is 0 Å². The third kappa shape index (κ3) is 14.2. The molecule has 5 saturated heterocycles. The van der Waals surface area contributed by atoms with E-state index in [4.69, 9.17) is 60.8 Å². The van der Waals surface area contributed by atoms with Crippen LogP contribution in [0.5, 0.6) is 0 Å². The van der Waals surface area contributed by atoms with Crippen LogP contribution < -0.4 is 0 Å². The number of rotatable bonds is 22. The Balaban J connectivity index is 0.925. The Morgan fingerprint density at radius 2 is 1.25 bits per heavy atom. The topological polar surface area (TPSA) is 468 Å². The van der Waals surface area contributed by atoms with Gasteiger partial charge in [-0.2, -0.15) is 25.3 Å². The SMILES string of the molecule is CO[C@@H]1[C@@H](O)[C@H](O[C@@H]2[C@@H](O)[C@H](O[C@H]3[C@H](O)[C@@H](O)[C@H](O[C@H]4[C@H](O[C@H]5CC[C@]6(C)[C@H]7CC[C@]89C(=O)O[C@@](C)(CCCC(C)C)[C@H]8[C@@H](OC(C)=O)C[C@@]9(C)C7=CC[C@H]6C5(C)C)OC[C@@H](OS(=O)(=O)O)[C@@H]4O)O[C@@H]3C)O[C@H](COS(=O)(=O)O)[C@H]2O)O[C@H](COS(=O)(=O)O)[C@H]1O. The minimum Gasteiger partial charge on any atom is -0.462 e. The second-order valence-electron chi connectivity index (χ2n) is 27.6. The molecule has 9 rings (SSSR count). The van der Waals surface area contributed by atoms with Gasteiger partial charge in [0.05, 0.1) is 43.4 Å². The van der Waals surface area contributed by atoms with Crippen molar-refractivity contribution in [2.24, 2.45) is 45.3 Å². The molecular weight excluding hydrogens is 1280 g/mol. The quantitative estimate of drug-likeness (QED) is 0.0378. The molecule has 4 aliphatic carbocycles. The number of cyclic esters (lactones) is 1. The highest BCUT2D eigenvalue weighted by Gasteiger charge is 2.79. The molecule has 91 heavy (non-hydrogen) atoms. The van der Waals surface area contributed by atoms with Gasteiger partial charge < -0.3 is 87.9 Å². The van der Waals surface area contributed by atoms with Crippen LogP contribution in [-0.4, -0.2) is 248 Å². The van der Waals surface area contributed by atoms with Crippen molar-refractivity contribution in [3.63, 3.8) is 0 Å². The molecule has 0 aromatic rings. The molecule has 28 atom stereocenters. The van der Waals surface area contributed by atoms with Crippen molar-refractivity contribution >= 4 is 43.1 Å². The molecule has 8 fully saturated rings. The lowest BCUT2D eigenvalue weighted by Crippen LogP contribution is -2.67. The second-order valence-corrected chi connectivity index (χ2v) is 30.8. The average Bonchev–Trinajstić information content (AvgIpc) is 1.52. The third-order valence-electron chi connectivity index (χ3n) is 21.2. The second kappa shape index (κ2) is 26.8. The summed E-state index contributed by atoms with van der Waals surface area (Å²) in [5.74, 6) is -0.692. The van der Waals surface area contributed by atoms with Gasteiger partial charge in [0.15, 0.2) is 25.2 Å². The Kier molecular flexibility index (Phi) is 21.5. The van der Waals surface area contributed by atoms with Crippen LogP contribution in [0.25, 0.3) is 0 Å². The molecule has 0 amide bonds. The van der Waals surface area contributed by atoms with Gasteiger partial charge in [-0.25, -0.2) is 12.5 Å². The van der Waals surface area contributed by atoms with Crippen LogP contribution in [-0.2, 0) is 105 Å². The van der Waals surface area contributed by atoms with E-state index in [1.54, 1.807) is 0 Å². The Bertz CT molecular complexity index is 2990. The number of fused-ring (bicyclic) bond motifs is 4. The Morgan fingerprint density at radius 3 is 1.82 bits per heavy atom. The molecule has 32 nitrogen and oxygen atoms in total. The zero-order chi connectivity index (χ0) is 67.3. The van der Waals surface area contributed by atoms with Crippen molar-refractivity contribution < 1.29 is 149 Å². The first kappa shape index (κ1) is 72.9. The highest BCUT2D eigenvalue weighted by Crippen LogP contribution is 2.77. The minimum atomic E-state index is -5.25. The summed E-state index contributed by atoms with van der Waals surface area (Å²) in [7, 11) is -14.6. The van der Waals surface area contributed by atoms with Gasteiger partial charge in [-0.3, -0.25) is 23.2 Å². The predicted octanol–water partition coefficient (Wildman–Crippen LogP) is -0.285. The third-order valence-corrected chi connectivity index (χ3v) is 22.6. The smallest absolute Gasteiger partial charge is 0.397 e. The molecular formula is C56H90O32S3. The number of allylic oxidation sites excluding steroid dienone is 2. The average molecular weight is 1370 g/mol. The van der Waals surface area contributed by atoms with E-state index in [0.717, 1.165) is 25.5 Å². The molecule has 3 saturated carbocycles. The molecule has 0 bridgehead atoms. The zero-order valence-corrected chi connectivity index (χ0v) is 54.6. The fourth-order valence-electron chi connectivity index (χ4n) is 17.0. The maximum atomic E-state index is 14.7. The van der Waals surface area contributed by atoms with Gasteiger partial charge in [-0.1, -0.05) is 59.6 Å². The van der Waals surface area contributed by atoms with Crippen molar-refractivity contribution in [3.05, 3.63) is 11.6 Å². The van der Waals surface area contributed by atoms with E-state index in [1.165, 1.54) is 13.8 Å². The predicted molar refractivity (Wildman–Crippen MR) is 303 cm³/mol. The van der Waals surface area contributed by atoms with E-state index >= 15 is 0 Å². The summed E-state index contributed by atoms with van der Waals surface area (Å²) in [6.07, 6.45) is -30.1. The number of methoxy groups -OCH3 is 1. The molecule has 5 heterocycles. The molecule has 0 unspecified atom stereocenters. The number of aliphatic hydroxyl groups is 7. The maximum Gasteiger partial charge on any atom is 0.397 e. The van der Waals surface area contributed by atoms with E-state index in [-0.39, 0.29) is 29.1 Å². The molecule has 9 aliphatic rings. The molecule has 524 valence electrons. The lowest BCUT2D eigenvalue weighted by Gasteiger charge is -2.64. The van der Waals surface area contributed by atoms with E-state index < -0.39 is 208 Å².